The van der Waals surface area contributed by atoms with Crippen molar-refractivity contribution in [3.05, 3.63) is 21.6 Å². The zero-order valence-electron chi connectivity index (χ0n) is 12.3. The van der Waals surface area contributed by atoms with Gasteiger partial charge < -0.3 is 9.64 Å². The van der Waals surface area contributed by atoms with Gasteiger partial charge in [-0.1, -0.05) is 11.8 Å². The summed E-state index contributed by atoms with van der Waals surface area (Å²) in [5.74, 6) is 0.836. The van der Waals surface area contributed by atoms with Crippen molar-refractivity contribution in [1.29, 1.82) is 0 Å². The van der Waals surface area contributed by atoms with E-state index in [1.165, 1.54) is 0 Å². The van der Waals surface area contributed by atoms with Crippen LogP contribution < -0.4 is 5.56 Å². The van der Waals surface area contributed by atoms with E-state index in [0.29, 0.717) is 38.3 Å². The van der Waals surface area contributed by atoms with Gasteiger partial charge in [0.2, 0.25) is 5.91 Å². The van der Waals surface area contributed by atoms with Gasteiger partial charge in [-0.25, -0.2) is 4.98 Å². The molecule has 1 aromatic rings. The molecule has 0 saturated carbocycles. The van der Waals surface area contributed by atoms with Gasteiger partial charge in [-0.3, -0.25) is 14.2 Å². The molecule has 1 atom stereocenters. The number of aromatic nitrogens is 2. The van der Waals surface area contributed by atoms with Crippen LogP contribution in [-0.4, -0.2) is 52.4 Å². The van der Waals surface area contributed by atoms with Crippen molar-refractivity contribution in [3.8, 4) is 0 Å². The molecule has 1 amide bonds. The molecule has 3 heterocycles. The van der Waals surface area contributed by atoms with Crippen LogP contribution in [0.2, 0.25) is 0 Å². The molecule has 0 spiro atoms. The number of aryl methyl sites for hydroxylation is 1. The Morgan fingerprint density at radius 3 is 2.81 bits per heavy atom. The minimum Gasteiger partial charge on any atom is -0.378 e. The Balaban J connectivity index is 1.80. The fourth-order valence-electron chi connectivity index (χ4n) is 2.67. The molecule has 1 unspecified atom stereocenters. The molecule has 1 aromatic heterocycles. The molecule has 2 aliphatic heterocycles. The first kappa shape index (κ1) is 14.6. The predicted molar refractivity (Wildman–Crippen MR) is 79.7 cm³/mol. The maximum absolute atomic E-state index is 12.4. The number of ether oxygens (including phenoxy) is 1. The van der Waals surface area contributed by atoms with Crippen molar-refractivity contribution in [1.82, 2.24) is 14.5 Å². The number of rotatable bonds is 2. The third kappa shape index (κ3) is 2.72. The van der Waals surface area contributed by atoms with E-state index in [9.17, 15) is 9.59 Å². The lowest BCUT2D eigenvalue weighted by molar-refractivity contribution is -0.136. The number of carbonyl (C=O) groups excluding carboxylic acids is 1. The molecular weight excluding hydrogens is 290 g/mol. The summed E-state index contributed by atoms with van der Waals surface area (Å²) in [6.45, 7) is 6.13. The average molecular weight is 309 g/mol. The summed E-state index contributed by atoms with van der Waals surface area (Å²) < 4.78 is 6.96. The van der Waals surface area contributed by atoms with Gasteiger partial charge in [0, 0.05) is 36.5 Å². The predicted octanol–water partition coefficient (Wildman–Crippen LogP) is 0.756. The first-order valence-electron chi connectivity index (χ1n) is 7.16. The van der Waals surface area contributed by atoms with E-state index < -0.39 is 0 Å². The van der Waals surface area contributed by atoms with Crippen LogP contribution in [0.5, 0.6) is 0 Å². The minimum atomic E-state index is -0.0837. The highest BCUT2D eigenvalue weighted by Gasteiger charge is 2.30. The average Bonchev–Trinajstić information content (AvgIpc) is 2.88. The highest BCUT2D eigenvalue weighted by Crippen LogP contribution is 2.32. The summed E-state index contributed by atoms with van der Waals surface area (Å²) in [6, 6.07) is -0.0837. The van der Waals surface area contributed by atoms with Gasteiger partial charge in [0.25, 0.3) is 5.56 Å². The molecule has 6 nitrogen and oxygen atoms in total. The summed E-state index contributed by atoms with van der Waals surface area (Å²) in [5, 5.41) is 0.739. The second-order valence-corrected chi connectivity index (χ2v) is 6.43. The van der Waals surface area contributed by atoms with Crippen LogP contribution in [0, 0.1) is 13.8 Å². The molecule has 2 aliphatic rings. The van der Waals surface area contributed by atoms with Crippen LogP contribution >= 0.6 is 11.8 Å². The van der Waals surface area contributed by atoms with Crippen molar-refractivity contribution in [2.45, 2.75) is 31.5 Å². The number of fused-ring (bicyclic) bond motifs is 1. The zero-order chi connectivity index (χ0) is 15.0. The van der Waals surface area contributed by atoms with Crippen molar-refractivity contribution in [2.24, 2.45) is 0 Å². The van der Waals surface area contributed by atoms with Gasteiger partial charge in [0.05, 0.1) is 19.3 Å². The van der Waals surface area contributed by atoms with E-state index >= 15 is 0 Å². The van der Waals surface area contributed by atoms with Gasteiger partial charge in [0.1, 0.15) is 0 Å². The topological polar surface area (TPSA) is 64.4 Å². The summed E-state index contributed by atoms with van der Waals surface area (Å²) >= 11 is 1.56. The van der Waals surface area contributed by atoms with E-state index in [2.05, 4.69) is 4.98 Å². The molecule has 1 fully saturated rings. The second kappa shape index (κ2) is 5.81. The summed E-state index contributed by atoms with van der Waals surface area (Å²) in [7, 11) is 0. The Hall–Kier alpha value is -1.34. The largest absolute Gasteiger partial charge is 0.378 e. The highest BCUT2D eigenvalue weighted by molar-refractivity contribution is 7.99. The monoisotopic (exact) mass is 309 g/mol. The van der Waals surface area contributed by atoms with Crippen molar-refractivity contribution in [2.75, 3.05) is 32.1 Å². The number of hydrogen-bond acceptors (Lipinski definition) is 5. The first-order chi connectivity index (χ1) is 10.1. The number of nitrogens with zero attached hydrogens (tertiary/aromatic N) is 3. The lowest BCUT2D eigenvalue weighted by atomic mass is 10.2. The molecule has 114 valence electrons. The Morgan fingerprint density at radius 1 is 1.38 bits per heavy atom. The fourth-order valence-corrected chi connectivity index (χ4v) is 3.85. The fraction of sp³-hybridized carbons (Fsp3) is 0.643. The molecular formula is C14H19N3O3S. The first-order valence-corrected chi connectivity index (χ1v) is 8.14. The molecule has 21 heavy (non-hydrogen) atoms. The molecule has 0 aromatic carbocycles. The molecule has 0 N–H and O–H groups in total. The molecule has 0 radical (unpaired) electrons. The smallest absolute Gasteiger partial charge is 0.257 e. The van der Waals surface area contributed by atoms with Crippen molar-refractivity contribution < 1.29 is 9.53 Å². The molecule has 0 bridgehead atoms. The van der Waals surface area contributed by atoms with E-state index in [0.717, 1.165) is 16.6 Å². The zero-order valence-corrected chi connectivity index (χ0v) is 13.1. The van der Waals surface area contributed by atoms with E-state index in [1.54, 1.807) is 23.3 Å². The summed E-state index contributed by atoms with van der Waals surface area (Å²) in [6.07, 6.45) is 0.365. The van der Waals surface area contributed by atoms with Crippen LogP contribution in [0.25, 0.3) is 0 Å². The van der Waals surface area contributed by atoms with Crippen molar-refractivity contribution in [3.63, 3.8) is 0 Å². The number of thioether (sulfide) groups is 1. The van der Waals surface area contributed by atoms with Gasteiger partial charge >= 0.3 is 0 Å². The van der Waals surface area contributed by atoms with E-state index in [-0.39, 0.29) is 17.5 Å². The number of amides is 1. The van der Waals surface area contributed by atoms with E-state index in [4.69, 9.17) is 4.74 Å². The standard InChI is InChI=1S/C14H19N3O3S/c1-9-10(2)15-14-17(13(9)19)11(8-21-14)7-12(18)16-3-5-20-6-4-16/h11H,3-8H2,1-2H3. The summed E-state index contributed by atoms with van der Waals surface area (Å²) in [4.78, 5) is 31.1. The number of morpholine rings is 1. The SMILES string of the molecule is Cc1nc2n(c(=O)c1C)C(CC(=O)N1CCOCC1)CS2. The number of hydrogen-bond donors (Lipinski definition) is 0. The lowest BCUT2D eigenvalue weighted by Gasteiger charge is -2.28. The Bertz CT molecular complexity index is 623. The van der Waals surface area contributed by atoms with Gasteiger partial charge in [0.15, 0.2) is 5.16 Å². The van der Waals surface area contributed by atoms with Gasteiger partial charge in [-0.15, -0.1) is 0 Å². The quantitative estimate of drug-likeness (QED) is 0.755. The minimum absolute atomic E-state index is 0.0118. The molecule has 0 aliphatic carbocycles. The third-order valence-electron chi connectivity index (χ3n) is 4.10. The lowest BCUT2D eigenvalue weighted by Crippen LogP contribution is -2.42. The normalized spacial score (nSPS) is 21.4. The molecule has 3 rings (SSSR count). The Morgan fingerprint density at radius 2 is 2.10 bits per heavy atom. The Kier molecular flexibility index (Phi) is 4.03. The van der Waals surface area contributed by atoms with Crippen LogP contribution in [0.1, 0.15) is 23.7 Å². The number of carbonyl (C=O) groups is 1. The van der Waals surface area contributed by atoms with Crippen LogP contribution in [0.15, 0.2) is 9.95 Å². The maximum atomic E-state index is 12.4. The van der Waals surface area contributed by atoms with E-state index in [1.807, 2.05) is 11.8 Å². The van der Waals surface area contributed by atoms with Crippen LogP contribution in [-0.2, 0) is 9.53 Å². The van der Waals surface area contributed by atoms with Gasteiger partial charge in [-0.2, -0.15) is 0 Å². The summed E-state index contributed by atoms with van der Waals surface area (Å²) in [5.41, 5.74) is 1.44. The Labute approximate surface area is 127 Å². The molecule has 1 saturated heterocycles. The van der Waals surface area contributed by atoms with Crippen LogP contribution in [0.4, 0.5) is 0 Å². The molecule has 7 heteroatoms. The third-order valence-corrected chi connectivity index (χ3v) is 5.19. The van der Waals surface area contributed by atoms with Crippen molar-refractivity contribution >= 4 is 17.7 Å². The highest BCUT2D eigenvalue weighted by atomic mass is 32.2. The second-order valence-electron chi connectivity index (χ2n) is 5.44. The van der Waals surface area contributed by atoms with Gasteiger partial charge in [-0.05, 0) is 13.8 Å². The van der Waals surface area contributed by atoms with Crippen LogP contribution in [0.3, 0.4) is 0 Å². The maximum Gasteiger partial charge on any atom is 0.257 e.